The smallest absolute Gasteiger partial charge is 0.323 e. The summed E-state index contributed by atoms with van der Waals surface area (Å²) in [6, 6.07) is 24.8. The molecule has 0 saturated heterocycles. The third-order valence-corrected chi connectivity index (χ3v) is 8.32. The number of fused-ring (bicyclic) bond motifs is 3. The van der Waals surface area contributed by atoms with Crippen LogP contribution in [0.3, 0.4) is 0 Å². The number of ether oxygens (including phenoxy) is 2. The van der Waals surface area contributed by atoms with Crippen molar-refractivity contribution in [3.8, 4) is 0 Å². The number of para-hydroxylation sites is 1. The molecule has 1 aliphatic rings. The number of methoxy groups -OCH3 is 2. The summed E-state index contributed by atoms with van der Waals surface area (Å²) in [4.78, 5) is 41.1. The van der Waals surface area contributed by atoms with Crippen LogP contribution in [0.5, 0.6) is 0 Å². The van der Waals surface area contributed by atoms with Crippen molar-refractivity contribution >= 4 is 44.6 Å². The molecule has 6 nitrogen and oxygen atoms in total. The molecule has 3 aromatic carbocycles. The SMILES string of the molecule is COC(=O)C1(C(=O)OC)CC(c2cccc(Br)c2)c2c(n(C)c3ccccc23)C1CC(=O)c1ccccc1. The molecule has 0 radical (unpaired) electrons. The summed E-state index contributed by atoms with van der Waals surface area (Å²) in [5.74, 6) is -2.69. The minimum atomic E-state index is -1.73. The van der Waals surface area contributed by atoms with E-state index in [1.807, 2.05) is 60.1 Å². The molecule has 0 spiro atoms. The van der Waals surface area contributed by atoms with Crippen LogP contribution in [0.1, 0.15) is 51.9 Å². The molecule has 0 fully saturated rings. The van der Waals surface area contributed by atoms with E-state index < -0.39 is 23.3 Å². The van der Waals surface area contributed by atoms with Crippen molar-refractivity contribution in [3.05, 3.63) is 106 Å². The van der Waals surface area contributed by atoms with E-state index >= 15 is 0 Å². The zero-order valence-electron chi connectivity index (χ0n) is 21.4. The average Bonchev–Trinajstić information content (AvgIpc) is 3.25. The van der Waals surface area contributed by atoms with Crippen molar-refractivity contribution in [3.63, 3.8) is 0 Å². The van der Waals surface area contributed by atoms with E-state index in [1.165, 1.54) is 14.2 Å². The maximum Gasteiger partial charge on any atom is 0.323 e. The number of hydrogen-bond donors (Lipinski definition) is 0. The van der Waals surface area contributed by atoms with Crippen molar-refractivity contribution in [1.82, 2.24) is 4.57 Å². The van der Waals surface area contributed by atoms with E-state index in [4.69, 9.17) is 9.47 Å². The Kier molecular flexibility index (Phi) is 6.97. The Hall–Kier alpha value is -3.71. The monoisotopic (exact) mass is 573 g/mol. The largest absolute Gasteiger partial charge is 0.468 e. The maximum absolute atomic E-state index is 13.7. The van der Waals surface area contributed by atoms with E-state index in [0.717, 1.165) is 32.2 Å². The van der Waals surface area contributed by atoms with Gasteiger partial charge in [-0.25, -0.2) is 0 Å². The van der Waals surface area contributed by atoms with Crippen LogP contribution in [0.25, 0.3) is 10.9 Å². The number of halogens is 1. The summed E-state index contributed by atoms with van der Waals surface area (Å²) in [7, 11) is 4.46. The number of rotatable bonds is 6. The fourth-order valence-electron chi connectivity index (χ4n) is 6.13. The topological polar surface area (TPSA) is 74.6 Å². The molecule has 2 atom stereocenters. The van der Waals surface area contributed by atoms with Gasteiger partial charge in [-0.3, -0.25) is 14.4 Å². The van der Waals surface area contributed by atoms with Gasteiger partial charge in [0.05, 0.1) is 14.2 Å². The second-order valence-electron chi connectivity index (χ2n) is 9.69. The lowest BCUT2D eigenvalue weighted by Gasteiger charge is -2.43. The molecule has 0 saturated carbocycles. The van der Waals surface area contributed by atoms with Gasteiger partial charge in [0.15, 0.2) is 11.2 Å². The number of aryl methyl sites for hydroxylation is 1. The van der Waals surface area contributed by atoms with Crippen molar-refractivity contribution < 1.29 is 23.9 Å². The van der Waals surface area contributed by atoms with Gasteiger partial charge in [0.1, 0.15) is 0 Å². The van der Waals surface area contributed by atoms with Gasteiger partial charge in [-0.1, -0.05) is 76.6 Å². The zero-order chi connectivity index (χ0) is 27.0. The summed E-state index contributed by atoms with van der Waals surface area (Å²) in [6.07, 6.45) is 0.0487. The molecule has 38 heavy (non-hydrogen) atoms. The second kappa shape index (κ2) is 10.2. The Morgan fingerprint density at radius 2 is 1.58 bits per heavy atom. The second-order valence-corrected chi connectivity index (χ2v) is 10.6. The Bertz CT molecular complexity index is 1520. The Balaban J connectivity index is 1.84. The van der Waals surface area contributed by atoms with Gasteiger partial charge in [0.25, 0.3) is 0 Å². The van der Waals surface area contributed by atoms with Crippen LogP contribution in [-0.2, 0) is 26.1 Å². The first-order valence-electron chi connectivity index (χ1n) is 12.4. The van der Waals surface area contributed by atoms with Gasteiger partial charge < -0.3 is 14.0 Å². The van der Waals surface area contributed by atoms with Crippen LogP contribution in [0.2, 0.25) is 0 Å². The first-order valence-corrected chi connectivity index (χ1v) is 13.2. The summed E-state index contributed by atoms with van der Waals surface area (Å²) < 4.78 is 13.5. The Morgan fingerprint density at radius 1 is 0.921 bits per heavy atom. The lowest BCUT2D eigenvalue weighted by atomic mass is 9.59. The van der Waals surface area contributed by atoms with Crippen LogP contribution in [0.4, 0.5) is 0 Å². The number of benzene rings is 3. The normalized spacial score (nSPS) is 18.0. The highest BCUT2D eigenvalue weighted by Crippen LogP contribution is 2.57. The lowest BCUT2D eigenvalue weighted by Crippen LogP contribution is -2.50. The van der Waals surface area contributed by atoms with Crippen LogP contribution < -0.4 is 0 Å². The number of carbonyl (C=O) groups is 3. The summed E-state index contributed by atoms with van der Waals surface area (Å²) >= 11 is 3.57. The highest BCUT2D eigenvalue weighted by Gasteiger charge is 2.61. The molecule has 1 heterocycles. The van der Waals surface area contributed by atoms with Crippen LogP contribution >= 0.6 is 15.9 Å². The molecule has 7 heteroatoms. The van der Waals surface area contributed by atoms with E-state index in [1.54, 1.807) is 24.3 Å². The Morgan fingerprint density at radius 3 is 2.24 bits per heavy atom. The summed E-state index contributed by atoms with van der Waals surface area (Å²) in [5.41, 5.74) is 2.47. The van der Waals surface area contributed by atoms with Gasteiger partial charge in [0, 0.05) is 51.9 Å². The Labute approximate surface area is 229 Å². The van der Waals surface area contributed by atoms with E-state index in [2.05, 4.69) is 22.0 Å². The van der Waals surface area contributed by atoms with Crippen LogP contribution in [0, 0.1) is 5.41 Å². The van der Waals surface area contributed by atoms with Gasteiger partial charge in [-0.05, 0) is 35.7 Å². The van der Waals surface area contributed by atoms with Crippen molar-refractivity contribution in [2.24, 2.45) is 12.5 Å². The number of carbonyl (C=O) groups excluding carboxylic acids is 3. The molecule has 4 aromatic rings. The fourth-order valence-corrected chi connectivity index (χ4v) is 6.55. The first-order chi connectivity index (χ1) is 18.3. The number of esters is 2. The summed E-state index contributed by atoms with van der Waals surface area (Å²) in [6.45, 7) is 0. The number of ketones is 1. The quantitative estimate of drug-likeness (QED) is 0.157. The highest BCUT2D eigenvalue weighted by atomic mass is 79.9. The van der Waals surface area contributed by atoms with Crippen LogP contribution in [-0.4, -0.2) is 36.5 Å². The fraction of sp³-hybridized carbons (Fsp3) is 0.258. The molecule has 5 rings (SSSR count). The molecule has 0 aliphatic heterocycles. The minimum Gasteiger partial charge on any atom is -0.468 e. The maximum atomic E-state index is 13.7. The predicted molar refractivity (Wildman–Crippen MR) is 148 cm³/mol. The van der Waals surface area contributed by atoms with Gasteiger partial charge in [0.2, 0.25) is 0 Å². The number of aromatic nitrogens is 1. The zero-order valence-corrected chi connectivity index (χ0v) is 23.0. The van der Waals surface area contributed by atoms with E-state index in [9.17, 15) is 14.4 Å². The van der Waals surface area contributed by atoms with E-state index in [-0.39, 0.29) is 24.5 Å². The molecule has 1 aromatic heterocycles. The van der Waals surface area contributed by atoms with Gasteiger partial charge in [-0.15, -0.1) is 0 Å². The highest BCUT2D eigenvalue weighted by molar-refractivity contribution is 9.10. The average molecular weight is 574 g/mol. The van der Waals surface area contributed by atoms with Crippen molar-refractivity contribution in [2.75, 3.05) is 14.2 Å². The molecule has 0 bridgehead atoms. The first kappa shape index (κ1) is 25.9. The number of nitrogens with zero attached hydrogens (tertiary/aromatic N) is 1. The lowest BCUT2D eigenvalue weighted by molar-refractivity contribution is -0.173. The van der Waals surface area contributed by atoms with E-state index in [0.29, 0.717) is 5.56 Å². The van der Waals surface area contributed by atoms with Crippen molar-refractivity contribution in [2.45, 2.75) is 24.7 Å². The van der Waals surface area contributed by atoms with Crippen LogP contribution in [0.15, 0.2) is 83.3 Å². The molecule has 0 N–H and O–H groups in total. The minimum absolute atomic E-state index is 0.0589. The molecule has 0 amide bonds. The third-order valence-electron chi connectivity index (χ3n) is 7.83. The standard InChI is InChI=1S/C31H28BrNO5/c1-33-25-15-8-7-14-22(25)27-23(20-12-9-13-21(32)16-20)18-31(29(35)37-2,30(36)38-3)24(28(27)33)17-26(34)19-10-5-4-6-11-19/h4-16,23-24H,17-18H2,1-3H3. The predicted octanol–water partition coefficient (Wildman–Crippen LogP) is 6.17. The van der Waals surface area contributed by atoms with Gasteiger partial charge in [-0.2, -0.15) is 0 Å². The molecule has 194 valence electrons. The molecular weight excluding hydrogens is 546 g/mol. The van der Waals surface area contributed by atoms with Crippen molar-refractivity contribution in [1.29, 1.82) is 0 Å². The number of Topliss-reactive ketones (excluding diaryl/α,β-unsaturated/α-hetero) is 1. The molecule has 2 unspecified atom stereocenters. The van der Waals surface area contributed by atoms with Gasteiger partial charge >= 0.3 is 11.9 Å². The molecular formula is C31H28BrNO5. The number of hydrogen-bond acceptors (Lipinski definition) is 5. The third kappa shape index (κ3) is 4.06. The molecule has 1 aliphatic carbocycles. The summed E-state index contributed by atoms with van der Waals surface area (Å²) in [5, 5.41) is 1.02.